The van der Waals surface area contributed by atoms with Crippen LogP contribution >= 0.6 is 22.9 Å². The number of thiophene rings is 1. The second kappa shape index (κ2) is 7.31. The number of rotatable bonds is 3. The number of hydrogen-bond acceptors (Lipinski definition) is 5. The number of sulfone groups is 1. The minimum absolute atomic E-state index is 0.0414. The van der Waals surface area contributed by atoms with Crippen molar-refractivity contribution in [2.24, 2.45) is 0 Å². The van der Waals surface area contributed by atoms with Gasteiger partial charge in [0.15, 0.2) is 0 Å². The van der Waals surface area contributed by atoms with Crippen molar-refractivity contribution in [2.75, 3.05) is 13.1 Å². The molecule has 1 amide bonds. The van der Waals surface area contributed by atoms with Gasteiger partial charge in [-0.3, -0.25) is 4.79 Å². The van der Waals surface area contributed by atoms with Gasteiger partial charge in [-0.15, -0.1) is 11.3 Å². The third-order valence-corrected chi connectivity index (χ3v) is 7.68. The van der Waals surface area contributed by atoms with Crippen molar-refractivity contribution in [1.82, 2.24) is 4.90 Å². The molecule has 1 aliphatic heterocycles. The van der Waals surface area contributed by atoms with E-state index < -0.39 is 9.84 Å². The number of nitrogens with zero attached hydrogens (tertiary/aromatic N) is 1. The quantitative estimate of drug-likeness (QED) is 0.767. The first-order valence-electron chi connectivity index (χ1n) is 8.23. The van der Waals surface area contributed by atoms with Gasteiger partial charge in [-0.25, -0.2) is 8.42 Å². The average molecular weight is 414 g/mol. The molecule has 3 rings (SSSR count). The van der Waals surface area contributed by atoms with E-state index in [1.807, 2.05) is 13.8 Å². The summed E-state index contributed by atoms with van der Waals surface area (Å²) in [5.74, 6) is -0.146. The number of benzene rings is 1. The standard InChI is InChI=1S/C18H20ClNO4S2/c1-11-8-20(9-12(2)24-11)18(21)17-13(3)16(10-25-17)26(22,23)15-6-4-14(19)5-7-15/h4-7,10-12H,8-9H2,1-3H3. The van der Waals surface area contributed by atoms with E-state index in [1.54, 1.807) is 29.3 Å². The molecule has 26 heavy (non-hydrogen) atoms. The molecular weight excluding hydrogens is 394 g/mol. The Morgan fingerprint density at radius 3 is 2.35 bits per heavy atom. The van der Waals surface area contributed by atoms with E-state index >= 15 is 0 Å². The van der Waals surface area contributed by atoms with Crippen LogP contribution in [-0.4, -0.2) is 44.5 Å². The normalized spacial score (nSPS) is 21.0. The molecular formula is C18H20ClNO4S2. The van der Waals surface area contributed by atoms with Crippen LogP contribution in [0.25, 0.3) is 0 Å². The van der Waals surface area contributed by atoms with Crippen molar-refractivity contribution in [2.45, 2.75) is 42.8 Å². The Morgan fingerprint density at radius 1 is 1.19 bits per heavy atom. The first-order chi connectivity index (χ1) is 12.2. The molecule has 2 atom stereocenters. The highest BCUT2D eigenvalue weighted by Crippen LogP contribution is 2.32. The van der Waals surface area contributed by atoms with Crippen molar-refractivity contribution in [3.8, 4) is 0 Å². The fourth-order valence-electron chi connectivity index (χ4n) is 3.10. The van der Waals surface area contributed by atoms with E-state index in [0.717, 1.165) is 0 Å². The molecule has 0 aliphatic carbocycles. The largest absolute Gasteiger partial charge is 0.372 e. The Kier molecular flexibility index (Phi) is 5.44. The molecule has 1 aromatic heterocycles. The van der Waals surface area contributed by atoms with Gasteiger partial charge in [0.25, 0.3) is 5.91 Å². The van der Waals surface area contributed by atoms with Gasteiger partial charge in [-0.05, 0) is 50.6 Å². The third kappa shape index (κ3) is 3.67. The molecule has 2 aromatic rings. The topological polar surface area (TPSA) is 63.7 Å². The highest BCUT2D eigenvalue weighted by atomic mass is 35.5. The summed E-state index contributed by atoms with van der Waals surface area (Å²) in [6, 6.07) is 6.03. The predicted molar refractivity (Wildman–Crippen MR) is 102 cm³/mol. The zero-order valence-electron chi connectivity index (χ0n) is 14.7. The molecule has 0 bridgehead atoms. The van der Waals surface area contributed by atoms with Crippen LogP contribution < -0.4 is 0 Å². The summed E-state index contributed by atoms with van der Waals surface area (Å²) in [5, 5.41) is 2.01. The lowest BCUT2D eigenvalue weighted by atomic mass is 10.2. The second-order valence-electron chi connectivity index (χ2n) is 6.48. The maximum atomic E-state index is 12.9. The Morgan fingerprint density at radius 2 is 1.77 bits per heavy atom. The van der Waals surface area contributed by atoms with Crippen molar-refractivity contribution in [3.05, 3.63) is 45.1 Å². The minimum Gasteiger partial charge on any atom is -0.372 e. The first kappa shape index (κ1) is 19.4. The molecule has 1 aliphatic rings. The molecule has 0 saturated carbocycles. The Bertz CT molecular complexity index is 911. The van der Waals surface area contributed by atoms with E-state index in [1.165, 1.54) is 23.5 Å². The Hall–Kier alpha value is -1.41. The van der Waals surface area contributed by atoms with E-state index in [4.69, 9.17) is 16.3 Å². The van der Waals surface area contributed by atoms with Crippen LogP contribution in [0, 0.1) is 6.92 Å². The maximum absolute atomic E-state index is 12.9. The number of halogens is 1. The number of carbonyl (C=O) groups is 1. The number of morpholine rings is 1. The maximum Gasteiger partial charge on any atom is 0.264 e. The van der Waals surface area contributed by atoms with E-state index in [-0.39, 0.29) is 27.9 Å². The number of ether oxygens (including phenoxy) is 1. The van der Waals surface area contributed by atoms with Gasteiger partial charge < -0.3 is 9.64 Å². The average Bonchev–Trinajstić information content (AvgIpc) is 2.96. The van der Waals surface area contributed by atoms with Gasteiger partial charge >= 0.3 is 0 Å². The monoisotopic (exact) mass is 413 g/mol. The van der Waals surface area contributed by atoms with Crippen LogP contribution in [0.3, 0.4) is 0 Å². The van der Waals surface area contributed by atoms with Crippen LogP contribution in [0.2, 0.25) is 5.02 Å². The number of amides is 1. The number of carbonyl (C=O) groups excluding carboxylic acids is 1. The minimum atomic E-state index is -3.70. The molecule has 1 saturated heterocycles. The van der Waals surface area contributed by atoms with Crippen molar-refractivity contribution in [3.63, 3.8) is 0 Å². The fraction of sp³-hybridized carbons (Fsp3) is 0.389. The smallest absolute Gasteiger partial charge is 0.264 e. The van der Waals surface area contributed by atoms with Crippen LogP contribution in [-0.2, 0) is 14.6 Å². The summed E-state index contributed by atoms with van der Waals surface area (Å²) in [6.07, 6.45) is -0.0829. The van der Waals surface area contributed by atoms with Crippen molar-refractivity contribution >= 4 is 38.7 Å². The molecule has 5 nitrogen and oxygen atoms in total. The third-order valence-electron chi connectivity index (χ3n) is 4.31. The molecule has 0 spiro atoms. The molecule has 8 heteroatoms. The molecule has 2 unspecified atom stereocenters. The lowest BCUT2D eigenvalue weighted by Crippen LogP contribution is -2.48. The summed E-state index contributed by atoms with van der Waals surface area (Å²) < 4.78 is 31.5. The lowest BCUT2D eigenvalue weighted by Gasteiger charge is -2.35. The Balaban J connectivity index is 1.92. The molecule has 1 aromatic carbocycles. The highest BCUT2D eigenvalue weighted by Gasteiger charge is 2.31. The predicted octanol–water partition coefficient (Wildman–Crippen LogP) is 3.79. The summed E-state index contributed by atoms with van der Waals surface area (Å²) in [4.78, 5) is 15.4. The van der Waals surface area contributed by atoms with E-state index in [9.17, 15) is 13.2 Å². The summed E-state index contributed by atoms with van der Waals surface area (Å²) in [6.45, 7) is 6.53. The number of hydrogen-bond donors (Lipinski definition) is 0. The zero-order chi connectivity index (χ0) is 19.1. The fourth-order valence-corrected chi connectivity index (χ4v) is 6.12. The Labute approximate surface area is 162 Å². The van der Waals surface area contributed by atoms with Gasteiger partial charge in [0, 0.05) is 23.5 Å². The molecule has 1 fully saturated rings. The summed E-state index contributed by atoms with van der Waals surface area (Å²) >= 11 is 7.01. The summed E-state index contributed by atoms with van der Waals surface area (Å²) in [5.41, 5.74) is 0.488. The van der Waals surface area contributed by atoms with Crippen LogP contribution in [0.4, 0.5) is 0 Å². The molecule has 2 heterocycles. The first-order valence-corrected chi connectivity index (χ1v) is 11.0. The van der Waals surface area contributed by atoms with Crippen LogP contribution in [0.5, 0.6) is 0 Å². The molecule has 0 N–H and O–H groups in total. The molecule has 140 valence electrons. The SMILES string of the molecule is Cc1c(S(=O)(=O)c2ccc(Cl)cc2)csc1C(=O)N1CC(C)OC(C)C1. The van der Waals surface area contributed by atoms with Crippen LogP contribution in [0.15, 0.2) is 39.4 Å². The highest BCUT2D eigenvalue weighted by molar-refractivity contribution is 7.91. The van der Waals surface area contributed by atoms with Crippen molar-refractivity contribution < 1.29 is 17.9 Å². The lowest BCUT2D eigenvalue weighted by molar-refractivity contribution is -0.0585. The summed E-state index contributed by atoms with van der Waals surface area (Å²) in [7, 11) is -3.70. The second-order valence-corrected chi connectivity index (χ2v) is 9.71. The van der Waals surface area contributed by atoms with E-state index in [2.05, 4.69) is 0 Å². The zero-order valence-corrected chi connectivity index (χ0v) is 17.1. The van der Waals surface area contributed by atoms with Gasteiger partial charge in [-0.2, -0.15) is 0 Å². The van der Waals surface area contributed by atoms with Gasteiger partial charge in [-0.1, -0.05) is 11.6 Å². The molecule has 0 radical (unpaired) electrons. The van der Waals surface area contributed by atoms with Gasteiger partial charge in [0.05, 0.1) is 26.9 Å². The van der Waals surface area contributed by atoms with Crippen LogP contribution in [0.1, 0.15) is 29.1 Å². The van der Waals surface area contributed by atoms with Crippen molar-refractivity contribution in [1.29, 1.82) is 0 Å². The van der Waals surface area contributed by atoms with E-state index in [0.29, 0.717) is 28.6 Å². The van der Waals surface area contributed by atoms with Gasteiger partial charge in [0.2, 0.25) is 9.84 Å². The van der Waals surface area contributed by atoms with Gasteiger partial charge in [0.1, 0.15) is 0 Å².